The van der Waals surface area contributed by atoms with E-state index in [1.165, 1.54) is 24.3 Å². The number of nitrogens with zero attached hydrogens (tertiary/aromatic N) is 2. The maximum absolute atomic E-state index is 13.6. The Balaban J connectivity index is 1.79. The van der Waals surface area contributed by atoms with E-state index in [9.17, 15) is 23.1 Å². The summed E-state index contributed by atoms with van der Waals surface area (Å²) in [7, 11) is 0. The van der Waals surface area contributed by atoms with Gasteiger partial charge in [0, 0.05) is 10.7 Å². The van der Waals surface area contributed by atoms with Crippen molar-refractivity contribution in [3.05, 3.63) is 29.3 Å². The van der Waals surface area contributed by atoms with Crippen LogP contribution in [0.15, 0.2) is 29.4 Å². The number of benzene rings is 1. The fourth-order valence-corrected chi connectivity index (χ4v) is 3.33. The van der Waals surface area contributed by atoms with Crippen LogP contribution in [0, 0.1) is 5.92 Å². The number of halogens is 4. The molecule has 2 aliphatic rings. The summed E-state index contributed by atoms with van der Waals surface area (Å²) in [4.78, 5) is 12.3. The van der Waals surface area contributed by atoms with Crippen LogP contribution in [0.5, 0.6) is 5.75 Å². The molecule has 136 valence electrons. The largest absolute Gasteiger partial charge is 0.484 e. The van der Waals surface area contributed by atoms with Crippen molar-refractivity contribution < 1.29 is 27.8 Å². The van der Waals surface area contributed by atoms with Gasteiger partial charge in [-0.05, 0) is 43.5 Å². The first-order chi connectivity index (χ1) is 11.7. The number of hydrogen-bond acceptors (Lipinski definition) is 4. The van der Waals surface area contributed by atoms with Crippen molar-refractivity contribution >= 4 is 23.2 Å². The second-order valence-corrected chi connectivity index (χ2v) is 6.50. The van der Waals surface area contributed by atoms with E-state index in [2.05, 4.69) is 5.10 Å². The highest BCUT2D eigenvalue weighted by molar-refractivity contribution is 6.30. The van der Waals surface area contributed by atoms with Crippen LogP contribution in [0.25, 0.3) is 0 Å². The maximum Gasteiger partial charge on any atom is 0.439 e. The predicted octanol–water partition coefficient (Wildman–Crippen LogP) is 3.36. The molecule has 25 heavy (non-hydrogen) atoms. The second kappa shape index (κ2) is 6.49. The van der Waals surface area contributed by atoms with E-state index < -0.39 is 30.3 Å². The van der Waals surface area contributed by atoms with Crippen LogP contribution in [0.1, 0.15) is 25.7 Å². The van der Waals surface area contributed by atoms with Gasteiger partial charge in [-0.1, -0.05) is 18.0 Å². The van der Waals surface area contributed by atoms with Gasteiger partial charge in [0.05, 0.1) is 5.92 Å². The molecule has 1 saturated carbocycles. The quantitative estimate of drug-likeness (QED) is 0.880. The fraction of sp³-hybridized carbons (Fsp3) is 0.500. The Morgan fingerprint density at radius 3 is 2.68 bits per heavy atom. The number of aliphatic hydroxyl groups is 1. The molecule has 1 aliphatic heterocycles. The lowest BCUT2D eigenvalue weighted by molar-refractivity contribution is -0.317. The molecule has 1 aromatic carbocycles. The first-order valence-corrected chi connectivity index (χ1v) is 8.19. The van der Waals surface area contributed by atoms with E-state index in [0.29, 0.717) is 24.3 Å². The van der Waals surface area contributed by atoms with Crippen LogP contribution in [0.2, 0.25) is 5.02 Å². The fourth-order valence-electron chi connectivity index (χ4n) is 3.20. The van der Waals surface area contributed by atoms with Crippen molar-refractivity contribution in [2.24, 2.45) is 11.0 Å². The number of hydrazone groups is 1. The SMILES string of the molecule is O=C(COc1ccc(Cl)cc1)N1N=C2CCCC[C@H]2[C@]1(O)C(F)(F)F. The number of fused-ring (bicyclic) bond motifs is 1. The molecular weight excluding hydrogens is 361 g/mol. The normalized spacial score (nSPS) is 26.2. The molecule has 1 aliphatic carbocycles. The molecule has 0 bridgehead atoms. The molecule has 1 heterocycles. The summed E-state index contributed by atoms with van der Waals surface area (Å²) < 4.78 is 45.9. The highest BCUT2D eigenvalue weighted by Crippen LogP contribution is 2.48. The minimum atomic E-state index is -5.02. The Labute approximate surface area is 147 Å². The Bertz CT molecular complexity index is 693. The highest BCUT2D eigenvalue weighted by atomic mass is 35.5. The number of rotatable bonds is 3. The summed E-state index contributed by atoms with van der Waals surface area (Å²) in [6.45, 7) is -0.677. The van der Waals surface area contributed by atoms with Gasteiger partial charge in [0.25, 0.3) is 11.6 Å². The lowest BCUT2D eigenvalue weighted by Gasteiger charge is -2.38. The van der Waals surface area contributed by atoms with Crippen LogP contribution in [-0.4, -0.2) is 40.2 Å². The van der Waals surface area contributed by atoms with Crippen LogP contribution >= 0.6 is 11.6 Å². The minimum Gasteiger partial charge on any atom is -0.484 e. The van der Waals surface area contributed by atoms with Gasteiger partial charge in [-0.15, -0.1) is 0 Å². The average Bonchev–Trinajstić information content (AvgIpc) is 2.89. The molecule has 0 spiro atoms. The lowest BCUT2D eigenvalue weighted by Crippen LogP contribution is -2.62. The number of hydrogen-bond donors (Lipinski definition) is 1. The van der Waals surface area contributed by atoms with Gasteiger partial charge in [-0.3, -0.25) is 4.79 Å². The molecule has 0 aromatic heterocycles. The van der Waals surface area contributed by atoms with Gasteiger partial charge in [-0.25, -0.2) is 0 Å². The minimum absolute atomic E-state index is 0.136. The van der Waals surface area contributed by atoms with Crippen LogP contribution < -0.4 is 4.74 Å². The molecule has 0 radical (unpaired) electrons. The first-order valence-electron chi connectivity index (χ1n) is 7.81. The number of carbonyl (C=O) groups is 1. The number of carbonyl (C=O) groups excluding carboxylic acids is 1. The summed E-state index contributed by atoms with van der Waals surface area (Å²) >= 11 is 5.73. The maximum atomic E-state index is 13.6. The summed E-state index contributed by atoms with van der Waals surface area (Å²) in [6.07, 6.45) is -3.31. The van der Waals surface area contributed by atoms with Gasteiger partial charge in [0.1, 0.15) is 5.75 Å². The van der Waals surface area contributed by atoms with Gasteiger partial charge in [0.2, 0.25) is 0 Å². The standard InChI is InChI=1S/C16H16ClF3N2O3/c17-10-5-7-11(8-6-10)25-9-14(23)22-15(24,16(18,19)20)12-3-1-2-4-13(12)21-22/h5-8,12,24H,1-4,9H2/t12-,15+/m1/s1. The zero-order valence-electron chi connectivity index (χ0n) is 13.1. The van der Waals surface area contributed by atoms with Gasteiger partial charge < -0.3 is 9.84 Å². The van der Waals surface area contributed by atoms with E-state index in [-0.39, 0.29) is 22.9 Å². The van der Waals surface area contributed by atoms with Crippen molar-refractivity contribution in [3.8, 4) is 5.75 Å². The van der Waals surface area contributed by atoms with Crippen molar-refractivity contribution in [1.82, 2.24) is 5.01 Å². The van der Waals surface area contributed by atoms with E-state index in [1.54, 1.807) is 0 Å². The summed E-state index contributed by atoms with van der Waals surface area (Å²) in [5, 5.41) is 14.8. The molecule has 1 N–H and O–H groups in total. The van der Waals surface area contributed by atoms with E-state index in [4.69, 9.17) is 16.3 Å². The van der Waals surface area contributed by atoms with Gasteiger partial charge in [0.15, 0.2) is 6.61 Å². The zero-order valence-corrected chi connectivity index (χ0v) is 13.8. The van der Waals surface area contributed by atoms with Crippen molar-refractivity contribution in [3.63, 3.8) is 0 Å². The predicted molar refractivity (Wildman–Crippen MR) is 84.2 cm³/mol. The van der Waals surface area contributed by atoms with Gasteiger partial charge >= 0.3 is 6.18 Å². The Morgan fingerprint density at radius 2 is 2.04 bits per heavy atom. The molecule has 5 nitrogen and oxygen atoms in total. The van der Waals surface area contributed by atoms with Crippen molar-refractivity contribution in [2.45, 2.75) is 37.6 Å². The Morgan fingerprint density at radius 1 is 1.36 bits per heavy atom. The molecule has 1 aromatic rings. The van der Waals surface area contributed by atoms with Crippen molar-refractivity contribution in [1.29, 1.82) is 0 Å². The van der Waals surface area contributed by atoms with Crippen LogP contribution in [-0.2, 0) is 4.79 Å². The molecular formula is C16H16ClF3N2O3. The highest BCUT2D eigenvalue weighted by Gasteiger charge is 2.68. The number of amides is 1. The molecule has 1 fully saturated rings. The molecule has 2 atom stereocenters. The molecule has 9 heteroatoms. The topological polar surface area (TPSA) is 62.1 Å². The van der Waals surface area contributed by atoms with E-state index in [1.807, 2.05) is 0 Å². The molecule has 1 amide bonds. The monoisotopic (exact) mass is 376 g/mol. The lowest BCUT2D eigenvalue weighted by atomic mass is 9.80. The van der Waals surface area contributed by atoms with E-state index in [0.717, 1.165) is 0 Å². The van der Waals surface area contributed by atoms with Gasteiger partial charge in [-0.2, -0.15) is 23.3 Å². The Hall–Kier alpha value is -1.80. The summed E-state index contributed by atoms with van der Waals surface area (Å²) in [5.41, 5.74) is -3.10. The molecule has 3 rings (SSSR count). The Kier molecular flexibility index (Phi) is 4.68. The third kappa shape index (κ3) is 3.20. The van der Waals surface area contributed by atoms with Crippen LogP contribution in [0.3, 0.4) is 0 Å². The first kappa shape index (κ1) is 18.0. The summed E-state index contributed by atoms with van der Waals surface area (Å²) in [6, 6.07) is 6.03. The second-order valence-electron chi connectivity index (χ2n) is 6.06. The average molecular weight is 377 g/mol. The summed E-state index contributed by atoms with van der Waals surface area (Å²) in [5.74, 6) is -2.00. The van der Waals surface area contributed by atoms with E-state index >= 15 is 0 Å². The third-order valence-corrected chi connectivity index (χ3v) is 4.70. The zero-order chi connectivity index (χ0) is 18.2. The molecule has 0 saturated heterocycles. The smallest absolute Gasteiger partial charge is 0.439 e. The van der Waals surface area contributed by atoms with Crippen LogP contribution in [0.4, 0.5) is 13.2 Å². The molecule has 0 unspecified atom stereocenters. The number of alkyl halides is 3. The number of ether oxygens (including phenoxy) is 1. The van der Waals surface area contributed by atoms with Crippen molar-refractivity contribution in [2.75, 3.05) is 6.61 Å². The third-order valence-electron chi connectivity index (χ3n) is 4.44.